The zero-order chi connectivity index (χ0) is 17.3. The molecule has 1 aromatic carbocycles. The number of rotatable bonds is 4. The lowest BCUT2D eigenvalue weighted by Crippen LogP contribution is -2.40. The number of nitrogens with one attached hydrogen (secondary N) is 1. The molecule has 7 heteroatoms. The number of hydrogen-bond donors (Lipinski definition) is 2. The molecule has 1 aliphatic carbocycles. The number of aliphatic hydroxyl groups is 1. The Balaban J connectivity index is 1.92. The van der Waals surface area contributed by atoms with Gasteiger partial charge in [0.25, 0.3) is 0 Å². The van der Waals surface area contributed by atoms with Crippen LogP contribution in [0.25, 0.3) is 5.69 Å². The number of anilines is 1. The molecule has 0 aliphatic heterocycles. The zero-order valence-corrected chi connectivity index (χ0v) is 14.8. The van der Waals surface area contributed by atoms with Crippen molar-refractivity contribution in [2.75, 3.05) is 4.72 Å². The molecule has 2 aromatic rings. The number of aliphatic hydroxyl groups excluding tert-OH is 1. The molecular formula is C17H23N3O3S. The lowest BCUT2D eigenvalue weighted by Gasteiger charge is -2.27. The molecule has 0 spiro atoms. The van der Waals surface area contributed by atoms with E-state index in [1.165, 1.54) is 0 Å². The molecule has 0 bridgehead atoms. The van der Waals surface area contributed by atoms with Gasteiger partial charge >= 0.3 is 0 Å². The molecular weight excluding hydrogens is 326 g/mol. The van der Waals surface area contributed by atoms with Crippen molar-refractivity contribution in [3.05, 3.63) is 41.7 Å². The predicted molar refractivity (Wildman–Crippen MR) is 93.8 cm³/mol. The van der Waals surface area contributed by atoms with Gasteiger partial charge in [-0.05, 0) is 38.8 Å². The van der Waals surface area contributed by atoms with E-state index in [9.17, 15) is 13.5 Å². The minimum Gasteiger partial charge on any atom is -0.392 e. The van der Waals surface area contributed by atoms with Crippen molar-refractivity contribution < 1.29 is 13.5 Å². The highest BCUT2D eigenvalue weighted by molar-refractivity contribution is 7.93. The molecule has 1 aromatic heterocycles. The van der Waals surface area contributed by atoms with E-state index in [2.05, 4.69) is 9.82 Å². The fourth-order valence-electron chi connectivity index (χ4n) is 3.27. The third-order valence-electron chi connectivity index (χ3n) is 4.60. The number of para-hydroxylation sites is 1. The fraction of sp³-hybridized carbons (Fsp3) is 0.471. The average molecular weight is 349 g/mol. The second-order valence-electron chi connectivity index (χ2n) is 6.33. The Kier molecular flexibility index (Phi) is 4.64. The summed E-state index contributed by atoms with van der Waals surface area (Å²) in [6.45, 7) is 3.61. The minimum atomic E-state index is -3.65. The summed E-state index contributed by atoms with van der Waals surface area (Å²) >= 11 is 0. The summed E-state index contributed by atoms with van der Waals surface area (Å²) in [5.74, 6) is 0. The third kappa shape index (κ3) is 3.18. The molecule has 3 rings (SSSR count). The Hall–Kier alpha value is -1.86. The van der Waals surface area contributed by atoms with E-state index in [0.29, 0.717) is 24.2 Å². The van der Waals surface area contributed by atoms with Crippen molar-refractivity contribution in [1.29, 1.82) is 0 Å². The summed E-state index contributed by atoms with van der Waals surface area (Å²) in [7, 11) is -3.65. The Morgan fingerprint density at radius 2 is 1.83 bits per heavy atom. The van der Waals surface area contributed by atoms with Crippen molar-refractivity contribution in [3.63, 3.8) is 0 Å². The van der Waals surface area contributed by atoms with E-state index in [4.69, 9.17) is 0 Å². The second kappa shape index (κ2) is 6.57. The molecule has 24 heavy (non-hydrogen) atoms. The van der Waals surface area contributed by atoms with Gasteiger partial charge in [0, 0.05) is 0 Å². The Morgan fingerprint density at radius 1 is 1.17 bits per heavy atom. The maximum atomic E-state index is 12.7. The number of sulfonamides is 1. The number of nitrogens with zero attached hydrogens (tertiary/aromatic N) is 2. The van der Waals surface area contributed by atoms with Crippen LogP contribution < -0.4 is 4.72 Å². The summed E-state index contributed by atoms with van der Waals surface area (Å²) in [6, 6.07) is 9.58. The zero-order valence-electron chi connectivity index (χ0n) is 13.9. The van der Waals surface area contributed by atoms with Crippen LogP contribution in [0.15, 0.2) is 30.3 Å². The molecule has 2 atom stereocenters. The van der Waals surface area contributed by atoms with Gasteiger partial charge in [0.15, 0.2) is 0 Å². The summed E-state index contributed by atoms with van der Waals surface area (Å²) in [4.78, 5) is 0. The van der Waals surface area contributed by atoms with Crippen LogP contribution in [0.4, 0.5) is 5.69 Å². The summed E-state index contributed by atoms with van der Waals surface area (Å²) in [5, 5.41) is 13.8. The van der Waals surface area contributed by atoms with Crippen molar-refractivity contribution in [2.45, 2.75) is 50.9 Å². The van der Waals surface area contributed by atoms with Crippen LogP contribution in [0.2, 0.25) is 0 Å². The summed E-state index contributed by atoms with van der Waals surface area (Å²) in [6.07, 6.45) is 1.91. The highest BCUT2D eigenvalue weighted by atomic mass is 32.2. The molecule has 1 saturated carbocycles. The Bertz CT molecular complexity index is 815. The number of aryl methyl sites for hydroxylation is 1. The number of hydrogen-bond acceptors (Lipinski definition) is 4. The van der Waals surface area contributed by atoms with Gasteiger partial charge in [-0.25, -0.2) is 13.1 Å². The first-order chi connectivity index (χ1) is 11.4. The van der Waals surface area contributed by atoms with Gasteiger partial charge in [0.1, 0.15) is 5.25 Å². The highest BCUT2D eigenvalue weighted by Crippen LogP contribution is 2.29. The molecule has 1 fully saturated rings. The van der Waals surface area contributed by atoms with E-state index < -0.39 is 21.4 Å². The third-order valence-corrected chi connectivity index (χ3v) is 6.44. The van der Waals surface area contributed by atoms with Gasteiger partial charge in [-0.1, -0.05) is 31.0 Å². The summed E-state index contributed by atoms with van der Waals surface area (Å²) in [5.41, 5.74) is 2.72. The maximum Gasteiger partial charge on any atom is 0.238 e. The second-order valence-corrected chi connectivity index (χ2v) is 8.23. The van der Waals surface area contributed by atoms with Crippen LogP contribution in [0.1, 0.15) is 37.1 Å². The van der Waals surface area contributed by atoms with E-state index in [1.54, 1.807) is 11.6 Å². The van der Waals surface area contributed by atoms with Gasteiger partial charge in [-0.15, -0.1) is 0 Å². The SMILES string of the molecule is Cc1nn(-c2ccccc2)c(C)c1NS(=O)(=O)[C@H]1CCCC[C@H]1O. The quantitative estimate of drug-likeness (QED) is 0.888. The van der Waals surface area contributed by atoms with Gasteiger partial charge < -0.3 is 5.11 Å². The van der Waals surface area contributed by atoms with Crippen LogP contribution in [-0.4, -0.2) is 34.7 Å². The van der Waals surface area contributed by atoms with E-state index in [-0.39, 0.29) is 0 Å². The van der Waals surface area contributed by atoms with Crippen LogP contribution in [0, 0.1) is 13.8 Å². The van der Waals surface area contributed by atoms with Crippen molar-refractivity contribution in [2.24, 2.45) is 0 Å². The van der Waals surface area contributed by atoms with Crippen molar-refractivity contribution in [1.82, 2.24) is 9.78 Å². The molecule has 6 nitrogen and oxygen atoms in total. The number of aromatic nitrogens is 2. The lowest BCUT2D eigenvalue weighted by molar-refractivity contribution is 0.133. The van der Waals surface area contributed by atoms with Crippen molar-refractivity contribution in [3.8, 4) is 5.69 Å². The largest absolute Gasteiger partial charge is 0.392 e. The van der Waals surface area contributed by atoms with Crippen LogP contribution in [0.5, 0.6) is 0 Å². The van der Waals surface area contributed by atoms with Crippen LogP contribution >= 0.6 is 0 Å². The van der Waals surface area contributed by atoms with Crippen LogP contribution in [0.3, 0.4) is 0 Å². The first-order valence-electron chi connectivity index (χ1n) is 8.21. The first-order valence-corrected chi connectivity index (χ1v) is 9.76. The van der Waals surface area contributed by atoms with Gasteiger partial charge in [0.2, 0.25) is 10.0 Å². The number of benzene rings is 1. The fourth-order valence-corrected chi connectivity index (χ4v) is 5.03. The maximum absolute atomic E-state index is 12.7. The molecule has 2 N–H and O–H groups in total. The average Bonchev–Trinajstić information content (AvgIpc) is 2.84. The van der Waals surface area contributed by atoms with Crippen molar-refractivity contribution >= 4 is 15.7 Å². The molecule has 0 saturated heterocycles. The molecule has 1 aliphatic rings. The lowest BCUT2D eigenvalue weighted by atomic mass is 9.97. The van der Waals surface area contributed by atoms with E-state index in [0.717, 1.165) is 24.2 Å². The molecule has 0 unspecified atom stereocenters. The van der Waals surface area contributed by atoms with Crippen LogP contribution in [-0.2, 0) is 10.0 Å². The normalized spacial score (nSPS) is 21.6. The first kappa shape index (κ1) is 17.0. The van der Waals surface area contributed by atoms with E-state index in [1.807, 2.05) is 37.3 Å². The van der Waals surface area contributed by atoms with Gasteiger partial charge in [-0.2, -0.15) is 5.10 Å². The van der Waals surface area contributed by atoms with Gasteiger partial charge in [0.05, 0.1) is 28.9 Å². The Morgan fingerprint density at radius 3 is 2.50 bits per heavy atom. The standard InChI is InChI=1S/C17H23N3O3S/c1-12-17(13(2)20(18-12)14-8-4-3-5-9-14)19-24(22,23)16-11-7-6-10-15(16)21/h3-5,8-9,15-16,19,21H,6-7,10-11H2,1-2H3/t15-,16+/m1/s1. The molecule has 0 amide bonds. The molecule has 130 valence electrons. The highest BCUT2D eigenvalue weighted by Gasteiger charge is 2.35. The molecule has 1 heterocycles. The minimum absolute atomic E-state index is 0.488. The smallest absolute Gasteiger partial charge is 0.238 e. The Labute approximate surface area is 142 Å². The van der Waals surface area contributed by atoms with E-state index >= 15 is 0 Å². The predicted octanol–water partition coefficient (Wildman–Crippen LogP) is 2.53. The molecule has 0 radical (unpaired) electrons. The topological polar surface area (TPSA) is 84.2 Å². The summed E-state index contributed by atoms with van der Waals surface area (Å²) < 4.78 is 29.8. The monoisotopic (exact) mass is 349 g/mol. The van der Waals surface area contributed by atoms with Gasteiger partial charge in [-0.3, -0.25) is 4.72 Å².